The summed E-state index contributed by atoms with van der Waals surface area (Å²) in [5.74, 6) is 0.585. The molecule has 6 heteroatoms. The highest BCUT2D eigenvalue weighted by atomic mass is 32.2. The van der Waals surface area contributed by atoms with Crippen molar-refractivity contribution in [2.45, 2.75) is 33.1 Å². The van der Waals surface area contributed by atoms with E-state index in [1.165, 1.54) is 0 Å². The maximum absolute atomic E-state index is 11.9. The minimum atomic E-state index is -3.15. The molecule has 0 atom stereocenters. The number of carbonyl (C=O) groups is 1. The van der Waals surface area contributed by atoms with Gasteiger partial charge in [-0.2, -0.15) is 0 Å². The molecule has 1 amide bonds. The summed E-state index contributed by atoms with van der Waals surface area (Å²) in [5.41, 5.74) is 1.62. The summed E-state index contributed by atoms with van der Waals surface area (Å²) in [6.45, 7) is 5.38. The van der Waals surface area contributed by atoms with Crippen molar-refractivity contribution in [3.05, 3.63) is 35.4 Å². The number of amides is 1. The van der Waals surface area contributed by atoms with Gasteiger partial charge in [0.2, 0.25) is 10.0 Å². The van der Waals surface area contributed by atoms with E-state index in [-0.39, 0.29) is 5.91 Å². The van der Waals surface area contributed by atoms with Gasteiger partial charge in [-0.25, -0.2) is 13.1 Å². The van der Waals surface area contributed by atoms with Gasteiger partial charge in [0, 0.05) is 18.7 Å². The number of hydrogen-bond donors (Lipinski definition) is 2. The van der Waals surface area contributed by atoms with Crippen molar-refractivity contribution in [1.29, 1.82) is 0 Å². The van der Waals surface area contributed by atoms with Crippen molar-refractivity contribution < 1.29 is 13.2 Å². The predicted molar refractivity (Wildman–Crippen MR) is 89.4 cm³/mol. The average Bonchev–Trinajstić information content (AvgIpc) is 2.42. The summed E-state index contributed by atoms with van der Waals surface area (Å²) in [7, 11) is -3.15. The highest BCUT2D eigenvalue weighted by molar-refractivity contribution is 7.88. The number of carbonyl (C=O) groups excluding carboxylic acids is 1. The summed E-state index contributed by atoms with van der Waals surface area (Å²) in [6, 6.07) is 7.25. The lowest BCUT2D eigenvalue weighted by molar-refractivity contribution is 0.0952. The van der Waals surface area contributed by atoms with Crippen LogP contribution in [0.5, 0.6) is 0 Å². The van der Waals surface area contributed by atoms with Crippen LogP contribution in [0.2, 0.25) is 0 Å². The Balaban J connectivity index is 2.38. The van der Waals surface area contributed by atoms with Gasteiger partial charge in [-0.3, -0.25) is 4.79 Å². The molecule has 0 saturated carbocycles. The van der Waals surface area contributed by atoms with Crippen molar-refractivity contribution in [3.63, 3.8) is 0 Å². The van der Waals surface area contributed by atoms with E-state index in [1.54, 1.807) is 12.1 Å². The Morgan fingerprint density at radius 3 is 2.32 bits per heavy atom. The lowest BCUT2D eigenvalue weighted by Crippen LogP contribution is -2.25. The topological polar surface area (TPSA) is 75.3 Å². The molecule has 124 valence electrons. The molecule has 2 N–H and O–H groups in total. The zero-order valence-electron chi connectivity index (χ0n) is 13.6. The maximum atomic E-state index is 11.9. The molecule has 1 aromatic rings. The molecule has 0 bridgehead atoms. The first-order chi connectivity index (χ1) is 10.3. The quantitative estimate of drug-likeness (QED) is 0.681. The molecule has 1 aromatic carbocycles. The molecule has 0 heterocycles. The molecule has 0 aliphatic carbocycles. The van der Waals surface area contributed by atoms with Crippen LogP contribution >= 0.6 is 0 Å². The third-order valence-corrected chi connectivity index (χ3v) is 3.97. The Kier molecular flexibility index (Phi) is 7.55. The molecule has 1 rings (SSSR count). The lowest BCUT2D eigenvalue weighted by atomic mass is 10.1. The van der Waals surface area contributed by atoms with Gasteiger partial charge in [-0.15, -0.1) is 0 Å². The molecular formula is C16H26N2O3S. The molecular weight excluding hydrogens is 300 g/mol. The van der Waals surface area contributed by atoms with Gasteiger partial charge in [-0.1, -0.05) is 26.0 Å². The molecule has 0 aliphatic rings. The second kappa shape index (κ2) is 8.90. The molecule has 0 unspecified atom stereocenters. The van der Waals surface area contributed by atoms with Crippen LogP contribution in [0.4, 0.5) is 0 Å². The van der Waals surface area contributed by atoms with Gasteiger partial charge < -0.3 is 5.32 Å². The molecule has 22 heavy (non-hydrogen) atoms. The number of rotatable bonds is 9. The van der Waals surface area contributed by atoms with E-state index in [4.69, 9.17) is 0 Å². The van der Waals surface area contributed by atoms with E-state index in [0.717, 1.165) is 24.7 Å². The number of nitrogens with one attached hydrogen (secondary N) is 2. The standard InChI is InChI=1S/C16H26N2O3S/c1-13(2)5-4-11-17-16(19)15-8-6-14(7-9-15)10-12-18-22(3,20)21/h6-9,13,18H,4-5,10-12H2,1-3H3,(H,17,19). The van der Waals surface area contributed by atoms with E-state index in [2.05, 4.69) is 23.9 Å². The Morgan fingerprint density at radius 1 is 1.14 bits per heavy atom. The first-order valence-electron chi connectivity index (χ1n) is 7.59. The smallest absolute Gasteiger partial charge is 0.251 e. The SMILES string of the molecule is CC(C)CCCNC(=O)c1ccc(CCNS(C)(=O)=O)cc1. The molecule has 5 nitrogen and oxygen atoms in total. The van der Waals surface area contributed by atoms with Gasteiger partial charge in [0.15, 0.2) is 0 Å². The van der Waals surface area contributed by atoms with E-state index in [9.17, 15) is 13.2 Å². The lowest BCUT2D eigenvalue weighted by Gasteiger charge is -2.08. The summed E-state index contributed by atoms with van der Waals surface area (Å²) in [4.78, 5) is 11.9. The molecule has 0 radical (unpaired) electrons. The van der Waals surface area contributed by atoms with Gasteiger partial charge in [0.1, 0.15) is 0 Å². The minimum Gasteiger partial charge on any atom is -0.352 e. The minimum absolute atomic E-state index is 0.0652. The van der Waals surface area contributed by atoms with Crippen molar-refractivity contribution in [2.24, 2.45) is 5.92 Å². The Hall–Kier alpha value is -1.40. The molecule has 0 spiro atoms. The van der Waals surface area contributed by atoms with Gasteiger partial charge in [0.25, 0.3) is 5.91 Å². The Labute approximate surface area is 133 Å². The van der Waals surface area contributed by atoms with E-state index < -0.39 is 10.0 Å². The number of benzene rings is 1. The maximum Gasteiger partial charge on any atom is 0.251 e. The second-order valence-electron chi connectivity index (χ2n) is 5.91. The highest BCUT2D eigenvalue weighted by Crippen LogP contribution is 2.06. The van der Waals surface area contributed by atoms with E-state index in [0.29, 0.717) is 31.0 Å². The molecule has 0 aromatic heterocycles. The van der Waals surface area contributed by atoms with Crippen LogP contribution in [0.1, 0.15) is 42.6 Å². The van der Waals surface area contributed by atoms with Crippen molar-refractivity contribution in [3.8, 4) is 0 Å². The number of hydrogen-bond acceptors (Lipinski definition) is 3. The van der Waals surface area contributed by atoms with Gasteiger partial charge in [0.05, 0.1) is 6.26 Å². The fourth-order valence-electron chi connectivity index (χ4n) is 2.02. The Morgan fingerprint density at radius 2 is 1.77 bits per heavy atom. The predicted octanol–water partition coefficient (Wildman–Crippen LogP) is 1.94. The van der Waals surface area contributed by atoms with Crippen molar-refractivity contribution >= 4 is 15.9 Å². The molecule has 0 fully saturated rings. The average molecular weight is 326 g/mol. The van der Waals surface area contributed by atoms with Crippen LogP contribution in [0.15, 0.2) is 24.3 Å². The van der Waals surface area contributed by atoms with Gasteiger partial charge in [-0.05, 0) is 42.9 Å². The fraction of sp³-hybridized carbons (Fsp3) is 0.562. The fourth-order valence-corrected chi connectivity index (χ4v) is 2.49. The normalized spacial score (nSPS) is 11.6. The Bertz CT molecular complexity index is 566. The third kappa shape index (κ3) is 8.14. The van der Waals surface area contributed by atoms with Gasteiger partial charge >= 0.3 is 0 Å². The summed E-state index contributed by atoms with van der Waals surface area (Å²) in [6.07, 6.45) is 3.83. The van der Waals surface area contributed by atoms with Crippen LogP contribution in [-0.2, 0) is 16.4 Å². The first kappa shape index (κ1) is 18.6. The van der Waals surface area contributed by atoms with Crippen LogP contribution in [0.25, 0.3) is 0 Å². The molecule has 0 aliphatic heterocycles. The summed E-state index contributed by atoms with van der Waals surface area (Å²) >= 11 is 0. The second-order valence-corrected chi connectivity index (χ2v) is 7.74. The molecule has 0 saturated heterocycles. The van der Waals surface area contributed by atoms with Crippen LogP contribution in [-0.4, -0.2) is 33.7 Å². The third-order valence-electron chi connectivity index (χ3n) is 3.24. The van der Waals surface area contributed by atoms with Crippen LogP contribution in [0, 0.1) is 5.92 Å². The highest BCUT2D eigenvalue weighted by Gasteiger charge is 2.05. The first-order valence-corrected chi connectivity index (χ1v) is 9.49. The number of sulfonamides is 1. The zero-order valence-corrected chi connectivity index (χ0v) is 14.4. The summed E-state index contributed by atoms with van der Waals surface area (Å²) < 4.78 is 24.4. The monoisotopic (exact) mass is 326 g/mol. The van der Waals surface area contributed by atoms with Crippen molar-refractivity contribution in [1.82, 2.24) is 10.0 Å². The largest absolute Gasteiger partial charge is 0.352 e. The van der Waals surface area contributed by atoms with E-state index in [1.807, 2.05) is 12.1 Å². The summed E-state index contributed by atoms with van der Waals surface area (Å²) in [5, 5.41) is 2.91. The van der Waals surface area contributed by atoms with Crippen LogP contribution in [0.3, 0.4) is 0 Å². The van der Waals surface area contributed by atoms with Crippen LogP contribution < -0.4 is 10.0 Å². The van der Waals surface area contributed by atoms with E-state index >= 15 is 0 Å². The zero-order chi connectivity index (χ0) is 16.6. The van der Waals surface area contributed by atoms with Crippen molar-refractivity contribution in [2.75, 3.05) is 19.3 Å².